The van der Waals surface area contributed by atoms with E-state index in [-0.39, 0.29) is 37.2 Å². The van der Waals surface area contributed by atoms with Crippen LogP contribution in [-0.2, 0) is 14.4 Å². The molecule has 1 aliphatic rings. The van der Waals surface area contributed by atoms with Gasteiger partial charge >= 0.3 is 5.63 Å². The van der Waals surface area contributed by atoms with Gasteiger partial charge < -0.3 is 25.1 Å². The van der Waals surface area contributed by atoms with E-state index in [1.165, 1.54) is 31.9 Å². The minimum Gasteiger partial charge on any atom is -0.497 e. The molecule has 17 nitrogen and oxygen atoms in total. The first kappa shape index (κ1) is 36.1. The number of ketones is 1. The number of Topliss-reactive ketones (excluding diaryl/α,β-unsaturated/α-hetero) is 1. The summed E-state index contributed by atoms with van der Waals surface area (Å²) in [7, 11) is 1.43. The summed E-state index contributed by atoms with van der Waals surface area (Å²) in [5.74, 6) is -2.62. The average molecular weight is 680 g/mol. The molecule has 2 aromatic carbocycles. The van der Waals surface area contributed by atoms with E-state index in [1.807, 2.05) is 0 Å². The molecule has 2 heterocycles. The van der Waals surface area contributed by atoms with Crippen molar-refractivity contribution in [1.29, 1.82) is 0 Å². The first-order valence-corrected chi connectivity index (χ1v) is 15.4. The van der Waals surface area contributed by atoms with Crippen LogP contribution in [0.15, 0.2) is 45.6 Å². The Hall–Kier alpha value is -5.71. The second kappa shape index (κ2) is 15.5. The van der Waals surface area contributed by atoms with E-state index in [0.717, 1.165) is 23.1 Å². The first-order chi connectivity index (χ1) is 23.3. The van der Waals surface area contributed by atoms with E-state index in [9.17, 15) is 44.2 Å². The molecule has 1 radical (unpaired) electrons. The molecule has 0 aliphatic carbocycles. The number of nitrogens with two attached hydrogens (primary N) is 1. The summed E-state index contributed by atoms with van der Waals surface area (Å²) in [5.41, 5.74) is 2.51. The predicted octanol–water partition coefficient (Wildman–Crippen LogP) is 2.65. The van der Waals surface area contributed by atoms with Crippen molar-refractivity contribution in [2.45, 2.75) is 64.1 Å². The number of carbonyl (C=O) groups is 4. The first-order valence-electron chi connectivity index (χ1n) is 15.4. The number of carbonyl (C=O) groups excluding carboxylic acids is 4. The molecule has 1 fully saturated rings. The van der Waals surface area contributed by atoms with Crippen LogP contribution in [0.5, 0.6) is 5.75 Å². The lowest BCUT2D eigenvalue weighted by Crippen LogP contribution is -2.55. The Labute approximate surface area is 279 Å². The van der Waals surface area contributed by atoms with Gasteiger partial charge in [0.05, 0.1) is 34.8 Å². The average Bonchev–Trinajstić information content (AvgIpc) is 3.56. The number of fused-ring (bicyclic) bond motifs is 1. The number of likely N-dealkylation sites (tertiary alicyclic amines) is 1. The maximum atomic E-state index is 14.0. The van der Waals surface area contributed by atoms with Gasteiger partial charge in [-0.15, -0.1) is 0 Å². The molecule has 1 aromatic heterocycles. The molecule has 1 aliphatic heterocycles. The molecule has 0 bridgehead atoms. The third kappa shape index (κ3) is 7.72. The van der Waals surface area contributed by atoms with Crippen molar-refractivity contribution in [3.63, 3.8) is 0 Å². The van der Waals surface area contributed by atoms with Crippen LogP contribution in [0.2, 0.25) is 0 Å². The standard InChI is InChI=1S/C32H35N6O11/c1-18(36(19(2)39)26-17-28(40)49-27-16-20(48-3)12-13-21(26)27)32(43)35-15-7-11-25(35)31(42)34-22(8-4-5-14-33)30(41)29-23(37(44)45)9-6-10-24(29)38(46)47/h6,9,12-13,16-18,22,25H,4-5,7-8,11,14-15,33H2,1-3H3,(H,34,42)/t18-,22-,25-/m0/s1. The van der Waals surface area contributed by atoms with E-state index >= 15 is 0 Å². The van der Waals surface area contributed by atoms with Crippen LogP contribution in [0.3, 0.4) is 0 Å². The van der Waals surface area contributed by atoms with Crippen LogP contribution < -0.4 is 26.3 Å². The van der Waals surface area contributed by atoms with Gasteiger partial charge in [0.15, 0.2) is 11.3 Å². The summed E-state index contributed by atoms with van der Waals surface area (Å²) < 4.78 is 10.5. The number of hydrogen-bond donors (Lipinski definition) is 2. The molecule has 0 unspecified atom stereocenters. The maximum absolute atomic E-state index is 14.0. The van der Waals surface area contributed by atoms with Gasteiger partial charge in [0, 0.05) is 37.1 Å². The fourth-order valence-electron chi connectivity index (χ4n) is 5.98. The zero-order valence-corrected chi connectivity index (χ0v) is 27.0. The van der Waals surface area contributed by atoms with E-state index < -0.39 is 74.0 Å². The summed E-state index contributed by atoms with van der Waals surface area (Å²) in [6.45, 7) is 3.04. The molecule has 3 N–H and O–H groups in total. The quantitative estimate of drug-likeness (QED) is 0.0822. The molecule has 0 saturated carbocycles. The molecule has 3 atom stereocenters. The number of nitrogens with one attached hydrogen (secondary N) is 1. The fourth-order valence-corrected chi connectivity index (χ4v) is 5.98. The molecular weight excluding hydrogens is 644 g/mol. The number of methoxy groups -OCH3 is 1. The van der Waals surface area contributed by atoms with Crippen molar-refractivity contribution >= 4 is 51.5 Å². The van der Waals surface area contributed by atoms with Gasteiger partial charge in [0.25, 0.3) is 11.4 Å². The van der Waals surface area contributed by atoms with Gasteiger partial charge in [0.1, 0.15) is 23.4 Å². The predicted molar refractivity (Wildman–Crippen MR) is 174 cm³/mol. The van der Waals surface area contributed by atoms with Gasteiger partial charge in [-0.1, -0.05) is 0 Å². The van der Waals surface area contributed by atoms with Crippen molar-refractivity contribution in [3.05, 3.63) is 78.7 Å². The van der Waals surface area contributed by atoms with Crippen LogP contribution in [0.25, 0.3) is 11.0 Å². The highest BCUT2D eigenvalue weighted by atomic mass is 16.6. The van der Waals surface area contributed by atoms with Gasteiger partial charge in [-0.25, -0.2) is 4.79 Å². The van der Waals surface area contributed by atoms with Crippen LogP contribution in [-0.4, -0.2) is 76.6 Å². The zero-order chi connectivity index (χ0) is 36.0. The van der Waals surface area contributed by atoms with Crippen molar-refractivity contribution in [2.75, 3.05) is 25.1 Å². The van der Waals surface area contributed by atoms with Crippen molar-refractivity contribution in [2.24, 2.45) is 5.73 Å². The molecule has 4 rings (SSSR count). The number of anilines is 1. The van der Waals surface area contributed by atoms with Crippen LogP contribution in [0.1, 0.15) is 56.3 Å². The van der Waals surface area contributed by atoms with Crippen molar-refractivity contribution < 1.29 is 38.2 Å². The van der Waals surface area contributed by atoms with Crippen molar-refractivity contribution in [3.8, 4) is 5.75 Å². The monoisotopic (exact) mass is 679 g/mol. The zero-order valence-electron chi connectivity index (χ0n) is 27.0. The normalized spacial score (nSPS) is 15.3. The molecule has 3 aromatic rings. The van der Waals surface area contributed by atoms with E-state index in [4.69, 9.17) is 14.9 Å². The highest BCUT2D eigenvalue weighted by Crippen LogP contribution is 2.32. The maximum Gasteiger partial charge on any atom is 0.338 e. The summed E-state index contributed by atoms with van der Waals surface area (Å²) in [6, 6.07) is 6.12. The smallest absolute Gasteiger partial charge is 0.338 e. The van der Waals surface area contributed by atoms with Gasteiger partial charge in [-0.05, 0) is 63.8 Å². The van der Waals surface area contributed by atoms with E-state index in [2.05, 4.69) is 11.4 Å². The largest absolute Gasteiger partial charge is 0.497 e. The lowest BCUT2D eigenvalue weighted by molar-refractivity contribution is -0.394. The number of benzene rings is 2. The topological polar surface area (TPSA) is 239 Å². The Balaban J connectivity index is 1.64. The number of ether oxygens (including phenoxy) is 1. The number of nitro groups is 2. The lowest BCUT2D eigenvalue weighted by Gasteiger charge is -2.33. The Kier molecular flexibility index (Phi) is 11.4. The summed E-state index contributed by atoms with van der Waals surface area (Å²) >= 11 is 0. The Morgan fingerprint density at radius 1 is 1.16 bits per heavy atom. The molecule has 49 heavy (non-hydrogen) atoms. The summed E-state index contributed by atoms with van der Waals surface area (Å²) in [6.07, 6.45) is 1.26. The highest BCUT2D eigenvalue weighted by Gasteiger charge is 2.41. The van der Waals surface area contributed by atoms with Gasteiger partial charge in [0.2, 0.25) is 17.7 Å². The highest BCUT2D eigenvalue weighted by molar-refractivity contribution is 6.09. The second-order valence-corrected chi connectivity index (χ2v) is 11.4. The second-order valence-electron chi connectivity index (χ2n) is 11.4. The van der Waals surface area contributed by atoms with Gasteiger partial charge in [-0.3, -0.25) is 44.3 Å². The molecule has 3 amide bonds. The van der Waals surface area contributed by atoms with E-state index in [1.54, 1.807) is 12.1 Å². The number of unbranched alkanes of at least 4 members (excludes halogenated alkanes) is 1. The Bertz CT molecular complexity index is 1830. The summed E-state index contributed by atoms with van der Waals surface area (Å²) in [4.78, 5) is 90.9. The van der Waals surface area contributed by atoms with E-state index in [0.29, 0.717) is 30.4 Å². The van der Waals surface area contributed by atoms with Gasteiger partial charge in [-0.2, -0.15) is 0 Å². The van der Waals surface area contributed by atoms with Crippen LogP contribution >= 0.6 is 0 Å². The number of rotatable bonds is 14. The van der Waals surface area contributed by atoms with Crippen LogP contribution in [0.4, 0.5) is 17.1 Å². The Morgan fingerprint density at radius 2 is 1.90 bits per heavy atom. The third-order valence-electron chi connectivity index (χ3n) is 8.27. The molecule has 1 saturated heterocycles. The van der Waals surface area contributed by atoms with Crippen LogP contribution in [0, 0.1) is 26.3 Å². The molecule has 0 spiro atoms. The fraction of sp³-hybridized carbons (Fsp3) is 0.406. The SMILES string of the molecule is COc1ccc2c(N(C(C)=O)[C@@H](C)C(=O)N3CCC[C@H]3C(=O)N[C@@H](CCCCN)C(=O)c3c([N+](=O)[O-])[c]ccc3[N+](=O)[O-])cc(=O)oc2c1. The third-order valence-corrected chi connectivity index (χ3v) is 8.27. The molecule has 259 valence electrons. The molecule has 17 heteroatoms. The van der Waals surface area contributed by atoms with Crippen molar-refractivity contribution in [1.82, 2.24) is 10.2 Å². The number of hydrogen-bond acceptors (Lipinski definition) is 12. The Morgan fingerprint density at radius 3 is 2.53 bits per heavy atom. The number of nitro benzene ring substituents is 2. The number of amides is 3. The molecular formula is C32H35N6O11. The number of nitrogens with zero attached hydrogens (tertiary/aromatic N) is 4. The minimum absolute atomic E-state index is 0.0470. The summed E-state index contributed by atoms with van der Waals surface area (Å²) in [5, 5.41) is 26.4. The minimum atomic E-state index is -1.43. The lowest BCUT2D eigenvalue weighted by atomic mass is 9.96.